The topological polar surface area (TPSA) is 53.1 Å². The number of hydrogen-bond donors (Lipinski definition) is 2. The molecule has 0 fully saturated rings. The average Bonchev–Trinajstić information content (AvgIpc) is 2.71. The standard InChI is InChI=1S/C20H24Cl3NO2/c1-19(2,3)11-7-10(8-12(16(11)26)20(4,5)6)9-13(25)14-15(21)18(23)24-17(14)22/h7-8,24,26H,9H2,1-6H3. The molecule has 0 amide bonds. The van der Waals surface area contributed by atoms with Gasteiger partial charge in [0, 0.05) is 6.42 Å². The number of aromatic amines is 1. The van der Waals surface area contributed by atoms with Crippen molar-refractivity contribution in [2.24, 2.45) is 0 Å². The summed E-state index contributed by atoms with van der Waals surface area (Å²) in [7, 11) is 0. The van der Waals surface area contributed by atoms with Crippen LogP contribution in [0.1, 0.15) is 68.6 Å². The van der Waals surface area contributed by atoms with Gasteiger partial charge in [0.1, 0.15) is 16.1 Å². The highest BCUT2D eigenvalue weighted by Gasteiger charge is 2.28. The average molecular weight is 417 g/mol. The van der Waals surface area contributed by atoms with Crippen molar-refractivity contribution in [1.82, 2.24) is 4.98 Å². The summed E-state index contributed by atoms with van der Waals surface area (Å²) >= 11 is 18.1. The first-order valence-corrected chi connectivity index (χ1v) is 9.49. The summed E-state index contributed by atoms with van der Waals surface area (Å²) in [5.41, 5.74) is 2.06. The van der Waals surface area contributed by atoms with Crippen molar-refractivity contribution in [2.75, 3.05) is 0 Å². The van der Waals surface area contributed by atoms with Gasteiger partial charge in [-0.3, -0.25) is 4.79 Å². The normalized spacial score (nSPS) is 12.5. The third kappa shape index (κ3) is 4.21. The molecule has 0 aliphatic heterocycles. The fraction of sp³-hybridized carbons (Fsp3) is 0.450. The van der Waals surface area contributed by atoms with E-state index in [-0.39, 0.29) is 49.7 Å². The van der Waals surface area contributed by atoms with E-state index >= 15 is 0 Å². The van der Waals surface area contributed by atoms with Crippen molar-refractivity contribution in [3.63, 3.8) is 0 Å². The lowest BCUT2D eigenvalue weighted by molar-refractivity contribution is 0.0993. The highest BCUT2D eigenvalue weighted by molar-refractivity contribution is 6.46. The molecule has 6 heteroatoms. The second kappa shape index (κ2) is 7.10. The largest absolute Gasteiger partial charge is 0.507 e. The van der Waals surface area contributed by atoms with Gasteiger partial charge < -0.3 is 10.1 Å². The number of aromatic nitrogens is 1. The predicted octanol–water partition coefficient (Wildman–Crippen LogP) is 6.70. The Hall–Kier alpha value is -1.16. The molecule has 2 aromatic rings. The molecule has 2 rings (SSSR count). The molecule has 1 aromatic carbocycles. The Balaban J connectivity index is 2.54. The molecule has 0 spiro atoms. The van der Waals surface area contributed by atoms with E-state index < -0.39 is 0 Å². The number of benzene rings is 1. The quantitative estimate of drug-likeness (QED) is 0.547. The number of phenols is 1. The summed E-state index contributed by atoms with van der Waals surface area (Å²) in [5.74, 6) is 0.0514. The van der Waals surface area contributed by atoms with Crippen molar-refractivity contribution < 1.29 is 9.90 Å². The maximum atomic E-state index is 12.8. The first-order chi connectivity index (χ1) is 11.7. The third-order valence-electron chi connectivity index (χ3n) is 4.28. The SMILES string of the molecule is CC(C)(C)c1cc(CC(=O)c2c(Cl)[nH]c(Cl)c2Cl)cc(C(C)(C)C)c1O. The number of phenolic OH excluding ortho intramolecular Hbond substituents is 1. The Kier molecular flexibility index (Phi) is 5.78. The Morgan fingerprint density at radius 3 is 1.77 bits per heavy atom. The van der Waals surface area contributed by atoms with Crippen molar-refractivity contribution in [2.45, 2.75) is 58.8 Å². The monoisotopic (exact) mass is 415 g/mol. The molecule has 0 saturated heterocycles. The maximum absolute atomic E-state index is 12.8. The molecule has 26 heavy (non-hydrogen) atoms. The smallest absolute Gasteiger partial charge is 0.171 e. The molecule has 1 aromatic heterocycles. The number of aromatic hydroxyl groups is 1. The van der Waals surface area contributed by atoms with Crippen molar-refractivity contribution >= 4 is 40.6 Å². The second-order valence-corrected chi connectivity index (χ2v) is 9.72. The van der Waals surface area contributed by atoms with Crippen LogP contribution in [-0.2, 0) is 17.3 Å². The van der Waals surface area contributed by atoms with Gasteiger partial charge in [-0.2, -0.15) is 0 Å². The zero-order chi connectivity index (χ0) is 20.0. The van der Waals surface area contributed by atoms with Gasteiger partial charge in [0.2, 0.25) is 0 Å². The zero-order valence-corrected chi connectivity index (χ0v) is 18.1. The molecule has 2 N–H and O–H groups in total. The van der Waals surface area contributed by atoms with Crippen LogP contribution in [0.3, 0.4) is 0 Å². The number of H-pyrrole nitrogens is 1. The Morgan fingerprint density at radius 2 is 1.42 bits per heavy atom. The van der Waals surface area contributed by atoms with Gasteiger partial charge in [-0.05, 0) is 27.5 Å². The second-order valence-electron chi connectivity index (χ2n) is 8.58. The molecule has 0 unspecified atom stereocenters. The number of hydrogen-bond acceptors (Lipinski definition) is 2. The predicted molar refractivity (Wildman–Crippen MR) is 109 cm³/mol. The van der Waals surface area contributed by atoms with E-state index in [0.29, 0.717) is 0 Å². The third-order valence-corrected chi connectivity index (χ3v) is 5.32. The lowest BCUT2D eigenvalue weighted by atomic mass is 9.78. The lowest BCUT2D eigenvalue weighted by Gasteiger charge is -2.28. The number of carbonyl (C=O) groups is 1. The van der Waals surface area contributed by atoms with Crippen LogP contribution in [0.15, 0.2) is 12.1 Å². The van der Waals surface area contributed by atoms with Crippen LogP contribution in [0.25, 0.3) is 0 Å². The van der Waals surface area contributed by atoms with E-state index in [4.69, 9.17) is 34.8 Å². The molecule has 0 radical (unpaired) electrons. The summed E-state index contributed by atoms with van der Waals surface area (Å²) in [5, 5.41) is 11.2. The lowest BCUT2D eigenvalue weighted by Crippen LogP contribution is -2.18. The fourth-order valence-electron chi connectivity index (χ4n) is 2.88. The summed E-state index contributed by atoms with van der Waals surface area (Å²) in [6, 6.07) is 3.75. The summed E-state index contributed by atoms with van der Waals surface area (Å²) in [6.07, 6.45) is 0.111. The maximum Gasteiger partial charge on any atom is 0.171 e. The number of rotatable bonds is 3. The minimum atomic E-state index is -0.268. The molecule has 0 saturated carbocycles. The van der Waals surface area contributed by atoms with E-state index in [1.807, 2.05) is 53.7 Å². The summed E-state index contributed by atoms with van der Waals surface area (Å²) in [4.78, 5) is 15.4. The number of nitrogens with one attached hydrogen (secondary N) is 1. The van der Waals surface area contributed by atoms with Crippen LogP contribution in [0, 0.1) is 0 Å². The molecule has 0 aliphatic carbocycles. The minimum Gasteiger partial charge on any atom is -0.507 e. The highest BCUT2D eigenvalue weighted by atomic mass is 35.5. The summed E-state index contributed by atoms with van der Waals surface area (Å²) < 4.78 is 0. The van der Waals surface area contributed by atoms with Crippen LogP contribution in [0.4, 0.5) is 0 Å². The fourth-order valence-corrected chi connectivity index (χ4v) is 3.71. The molecule has 0 bridgehead atoms. The Bertz CT molecular complexity index is 820. The first-order valence-electron chi connectivity index (χ1n) is 8.36. The first kappa shape index (κ1) is 21.1. The van der Waals surface area contributed by atoms with Gasteiger partial charge in [0.05, 0.1) is 10.6 Å². The number of halogens is 3. The number of ketones is 1. The molecule has 0 atom stereocenters. The number of Topliss-reactive ketones (excluding diaryl/α,β-unsaturated/α-hetero) is 1. The van der Waals surface area contributed by atoms with E-state index in [1.54, 1.807) is 0 Å². The molecule has 142 valence electrons. The van der Waals surface area contributed by atoms with Gasteiger partial charge in [0.25, 0.3) is 0 Å². The van der Waals surface area contributed by atoms with Gasteiger partial charge >= 0.3 is 0 Å². The molecule has 0 aliphatic rings. The van der Waals surface area contributed by atoms with Crippen LogP contribution < -0.4 is 0 Å². The molecule has 3 nitrogen and oxygen atoms in total. The van der Waals surface area contributed by atoms with Crippen LogP contribution in [-0.4, -0.2) is 15.9 Å². The summed E-state index contributed by atoms with van der Waals surface area (Å²) in [6.45, 7) is 12.2. The van der Waals surface area contributed by atoms with Gasteiger partial charge in [-0.25, -0.2) is 0 Å². The van der Waals surface area contributed by atoms with Crippen molar-refractivity contribution in [3.05, 3.63) is 49.7 Å². The van der Waals surface area contributed by atoms with Crippen molar-refractivity contribution in [3.8, 4) is 5.75 Å². The van der Waals surface area contributed by atoms with Crippen LogP contribution in [0.5, 0.6) is 5.75 Å². The molecule has 1 heterocycles. The Morgan fingerprint density at radius 1 is 0.962 bits per heavy atom. The van der Waals surface area contributed by atoms with E-state index in [9.17, 15) is 9.90 Å². The van der Waals surface area contributed by atoms with E-state index in [1.165, 1.54) is 0 Å². The van der Waals surface area contributed by atoms with Gasteiger partial charge in [0.15, 0.2) is 5.78 Å². The van der Waals surface area contributed by atoms with Gasteiger partial charge in [-0.1, -0.05) is 88.5 Å². The van der Waals surface area contributed by atoms with E-state index in [2.05, 4.69) is 4.98 Å². The van der Waals surface area contributed by atoms with Crippen molar-refractivity contribution in [1.29, 1.82) is 0 Å². The zero-order valence-electron chi connectivity index (χ0n) is 15.9. The van der Waals surface area contributed by atoms with Crippen LogP contribution in [0.2, 0.25) is 15.3 Å². The number of carbonyl (C=O) groups excluding carboxylic acids is 1. The van der Waals surface area contributed by atoms with E-state index in [0.717, 1.165) is 16.7 Å². The highest BCUT2D eigenvalue weighted by Crippen LogP contribution is 2.40. The van der Waals surface area contributed by atoms with Gasteiger partial charge in [-0.15, -0.1) is 0 Å². The van der Waals surface area contributed by atoms with Crippen LogP contribution >= 0.6 is 34.8 Å². The molecular weight excluding hydrogens is 393 g/mol. The Labute approximate surface area is 169 Å². The minimum absolute atomic E-state index is 0.111. The molecular formula is C20H24Cl3NO2.